The smallest absolute Gasteiger partial charge is 0.206 e. The lowest BCUT2D eigenvalue weighted by Crippen LogP contribution is -2.11. The molecule has 1 heterocycles. The van der Waals surface area contributed by atoms with Crippen molar-refractivity contribution < 1.29 is 33.7 Å². The Bertz CT molecular complexity index is 3160. The highest BCUT2D eigenvalue weighted by molar-refractivity contribution is 7.92. The zero-order chi connectivity index (χ0) is 46.8. The zero-order valence-electron chi connectivity index (χ0n) is 35.1. The molecule has 0 N–H and O–H groups in total. The van der Waals surface area contributed by atoms with E-state index in [0.29, 0.717) is 32.8 Å². The summed E-state index contributed by atoms with van der Waals surface area (Å²) in [6.07, 6.45) is 0. The van der Waals surface area contributed by atoms with E-state index in [4.69, 9.17) is 0 Å². The van der Waals surface area contributed by atoms with Crippen LogP contribution in [0.25, 0.3) is 0 Å². The molecule has 0 amide bonds. The predicted molar refractivity (Wildman–Crippen MR) is 261 cm³/mol. The lowest BCUT2D eigenvalue weighted by molar-refractivity contribution is 0.594. The highest BCUT2D eigenvalue weighted by Crippen LogP contribution is 2.46. The number of sulfone groups is 4. The van der Waals surface area contributed by atoms with E-state index in [1.807, 2.05) is 21.9 Å². The maximum atomic E-state index is 13.6. The number of benzene rings is 8. The molecule has 0 atom stereocenters. The third-order valence-electron chi connectivity index (χ3n) is 10.9. The van der Waals surface area contributed by atoms with Crippen LogP contribution >= 0.6 is 11.3 Å². The first-order valence-electron chi connectivity index (χ1n) is 20.6. The van der Waals surface area contributed by atoms with Gasteiger partial charge in [-0.1, -0.05) is 84.1 Å². The lowest BCUT2D eigenvalue weighted by Gasteiger charge is -2.26. The van der Waals surface area contributed by atoms with Crippen LogP contribution in [-0.4, -0.2) is 33.7 Å². The van der Waals surface area contributed by atoms with Gasteiger partial charge in [0.1, 0.15) is 10.0 Å². The second-order valence-corrected chi connectivity index (χ2v) is 23.9. The summed E-state index contributed by atoms with van der Waals surface area (Å²) in [7, 11) is -15.4. The monoisotopic (exact) mass is 978 g/mol. The average Bonchev–Trinajstić information content (AvgIpc) is 3.84. The summed E-state index contributed by atoms with van der Waals surface area (Å²) in [6.45, 7) is 0. The molecule has 0 bridgehead atoms. The first-order chi connectivity index (χ1) is 32.2. The zero-order valence-corrected chi connectivity index (χ0v) is 39.2. The second kappa shape index (κ2) is 18.3. The molecule has 0 aliphatic carbocycles. The summed E-state index contributed by atoms with van der Waals surface area (Å²) in [5, 5.41) is 1.28. The standard InChI is InChI=1S/C52H38N2O8S5/c55-64(56,43-13-5-1-6-14-43)47-29-21-39(22-30-47)53(40-23-31-48(32-24-40)65(57,58)44-15-7-2-8-16-44)51-37-38-52(63-51)54(41-25-33-49(34-26-41)66(59,60)45-17-9-3-10-18-45)42-27-35-50(36-28-42)67(61,62)46-19-11-4-12-20-46/h1-38H. The molecule has 10 nitrogen and oxygen atoms in total. The molecule has 0 fully saturated rings. The molecule has 1 aromatic heterocycles. The molecule has 334 valence electrons. The fraction of sp³-hybridized carbons (Fsp3) is 0. The van der Waals surface area contributed by atoms with E-state index in [2.05, 4.69) is 0 Å². The van der Waals surface area contributed by atoms with Crippen molar-refractivity contribution in [3.05, 3.63) is 231 Å². The summed E-state index contributed by atoms with van der Waals surface area (Å²) >= 11 is 1.33. The van der Waals surface area contributed by atoms with Crippen molar-refractivity contribution >= 4 is 83.4 Å². The van der Waals surface area contributed by atoms with Crippen LogP contribution < -0.4 is 9.80 Å². The third-order valence-corrected chi connectivity index (χ3v) is 19.1. The van der Waals surface area contributed by atoms with Crippen molar-refractivity contribution in [2.24, 2.45) is 0 Å². The van der Waals surface area contributed by atoms with Crippen molar-refractivity contribution in [2.45, 2.75) is 39.2 Å². The molecular weight excluding hydrogens is 941 g/mol. The highest BCUT2D eigenvalue weighted by atomic mass is 32.2. The summed E-state index contributed by atoms with van der Waals surface area (Å²) in [5.41, 5.74) is 2.27. The van der Waals surface area contributed by atoms with E-state index in [9.17, 15) is 33.7 Å². The fourth-order valence-electron chi connectivity index (χ4n) is 7.41. The molecule has 15 heteroatoms. The number of anilines is 6. The van der Waals surface area contributed by atoms with Gasteiger partial charge in [-0.2, -0.15) is 0 Å². The molecule has 0 aliphatic heterocycles. The van der Waals surface area contributed by atoms with Crippen molar-refractivity contribution in [1.82, 2.24) is 0 Å². The van der Waals surface area contributed by atoms with Gasteiger partial charge in [-0.05, 0) is 158 Å². The Kier molecular flexibility index (Phi) is 12.3. The van der Waals surface area contributed by atoms with Crippen LogP contribution in [0.4, 0.5) is 32.8 Å². The largest absolute Gasteiger partial charge is 0.302 e. The van der Waals surface area contributed by atoms with E-state index in [0.717, 1.165) is 0 Å². The summed E-state index contributed by atoms with van der Waals surface area (Å²) in [6, 6.07) is 61.8. The van der Waals surface area contributed by atoms with Crippen molar-refractivity contribution in [1.29, 1.82) is 0 Å². The van der Waals surface area contributed by atoms with Gasteiger partial charge < -0.3 is 9.80 Å². The van der Waals surface area contributed by atoms with Gasteiger partial charge in [-0.15, -0.1) is 0 Å². The Morgan fingerprint density at radius 2 is 0.403 bits per heavy atom. The molecule has 0 spiro atoms. The van der Waals surface area contributed by atoms with Crippen molar-refractivity contribution in [2.75, 3.05) is 9.80 Å². The molecule has 8 aromatic carbocycles. The van der Waals surface area contributed by atoms with Crippen LogP contribution in [0.2, 0.25) is 0 Å². The lowest BCUT2D eigenvalue weighted by atomic mass is 10.2. The minimum Gasteiger partial charge on any atom is -0.302 e. The first-order valence-corrected chi connectivity index (χ1v) is 27.3. The van der Waals surface area contributed by atoms with E-state index < -0.39 is 39.3 Å². The van der Waals surface area contributed by atoms with Crippen molar-refractivity contribution in [3.63, 3.8) is 0 Å². The molecule has 67 heavy (non-hydrogen) atoms. The van der Waals surface area contributed by atoms with Crippen LogP contribution in [0, 0.1) is 0 Å². The van der Waals surface area contributed by atoms with Crippen LogP contribution in [0.3, 0.4) is 0 Å². The van der Waals surface area contributed by atoms with E-state index in [1.54, 1.807) is 121 Å². The van der Waals surface area contributed by atoms with Gasteiger partial charge in [-0.25, -0.2) is 33.7 Å². The normalized spacial score (nSPS) is 12.1. The number of nitrogens with zero attached hydrogens (tertiary/aromatic N) is 2. The summed E-state index contributed by atoms with van der Waals surface area (Å²) < 4.78 is 109. The van der Waals surface area contributed by atoms with Gasteiger partial charge in [0, 0.05) is 22.7 Å². The minimum atomic E-state index is -3.85. The van der Waals surface area contributed by atoms with Crippen molar-refractivity contribution in [3.8, 4) is 0 Å². The third kappa shape index (κ3) is 8.94. The number of thiophene rings is 1. The van der Waals surface area contributed by atoms with E-state index >= 15 is 0 Å². The van der Waals surface area contributed by atoms with Gasteiger partial charge in [0.15, 0.2) is 0 Å². The molecule has 0 unspecified atom stereocenters. The molecular formula is C52H38N2O8S5. The van der Waals surface area contributed by atoms with Crippen LogP contribution in [0.5, 0.6) is 0 Å². The number of rotatable bonds is 14. The minimum absolute atomic E-state index is 0.0835. The van der Waals surface area contributed by atoms with Crippen LogP contribution in [-0.2, 0) is 39.3 Å². The van der Waals surface area contributed by atoms with Gasteiger partial charge in [-0.3, -0.25) is 0 Å². The Labute approximate surface area is 394 Å². The SMILES string of the molecule is O=S(=O)(c1ccccc1)c1ccc(N(c2ccc(S(=O)(=O)c3ccccc3)cc2)c2ccc(N(c3ccc(S(=O)(=O)c4ccccc4)cc3)c3ccc(S(=O)(=O)c4ccccc4)cc3)s2)cc1. The molecule has 0 saturated heterocycles. The Morgan fingerprint density at radius 3 is 0.597 bits per heavy atom. The molecule has 0 aliphatic rings. The van der Waals surface area contributed by atoms with Gasteiger partial charge in [0.05, 0.1) is 39.2 Å². The van der Waals surface area contributed by atoms with Crippen LogP contribution in [0.15, 0.2) is 270 Å². The fourth-order valence-corrected chi connectivity index (χ4v) is 13.6. The molecule has 9 rings (SSSR count). The Hall–Kier alpha value is -7.14. The van der Waals surface area contributed by atoms with Gasteiger partial charge >= 0.3 is 0 Å². The maximum absolute atomic E-state index is 13.6. The molecule has 0 saturated carbocycles. The predicted octanol–water partition coefficient (Wildman–Crippen LogP) is 12.0. The summed E-state index contributed by atoms with van der Waals surface area (Å²) in [5.74, 6) is 0. The number of hydrogen-bond donors (Lipinski definition) is 0. The first kappa shape index (κ1) is 45.0. The Balaban J connectivity index is 1.14. The molecule has 9 aromatic rings. The Morgan fingerprint density at radius 1 is 0.224 bits per heavy atom. The van der Waals surface area contributed by atoms with E-state index in [-0.39, 0.29) is 39.2 Å². The van der Waals surface area contributed by atoms with E-state index in [1.165, 1.54) is 108 Å². The average molecular weight is 979 g/mol. The maximum Gasteiger partial charge on any atom is 0.206 e. The number of hydrogen-bond acceptors (Lipinski definition) is 11. The highest BCUT2D eigenvalue weighted by Gasteiger charge is 2.25. The second-order valence-electron chi connectivity index (χ2n) is 15.0. The summed E-state index contributed by atoms with van der Waals surface area (Å²) in [4.78, 5) is 4.66. The van der Waals surface area contributed by atoms with Gasteiger partial charge in [0.25, 0.3) is 0 Å². The van der Waals surface area contributed by atoms with Gasteiger partial charge in [0.2, 0.25) is 39.3 Å². The molecule has 0 radical (unpaired) electrons. The topological polar surface area (TPSA) is 143 Å². The quantitative estimate of drug-likeness (QED) is 0.103. The van der Waals surface area contributed by atoms with Crippen LogP contribution in [0.1, 0.15) is 0 Å².